The summed E-state index contributed by atoms with van der Waals surface area (Å²) in [5.41, 5.74) is 3.46. The third-order valence-electron chi connectivity index (χ3n) is 3.83. The molecule has 3 nitrogen and oxygen atoms in total. The molecule has 0 radical (unpaired) electrons. The van der Waals surface area contributed by atoms with E-state index in [1.807, 2.05) is 43.3 Å². The monoisotopic (exact) mass is 294 g/mol. The number of rotatable bonds is 3. The van der Waals surface area contributed by atoms with Crippen molar-refractivity contribution in [3.63, 3.8) is 0 Å². The van der Waals surface area contributed by atoms with Crippen molar-refractivity contribution in [3.8, 4) is 5.75 Å². The van der Waals surface area contributed by atoms with Crippen molar-refractivity contribution in [2.24, 2.45) is 0 Å². The quantitative estimate of drug-likeness (QED) is 0.738. The maximum absolute atomic E-state index is 6.00. The van der Waals surface area contributed by atoms with Gasteiger partial charge in [0, 0.05) is 0 Å². The SMILES string of the molecule is CC(Oc1ccc(C(C)(C)C)cc1)c1nc2ccccc2[nH]1. The fraction of sp³-hybridized carbons (Fsp3) is 0.316. The van der Waals surface area contributed by atoms with Crippen LogP contribution in [0.3, 0.4) is 0 Å². The smallest absolute Gasteiger partial charge is 0.153 e. The average molecular weight is 294 g/mol. The predicted octanol–water partition coefficient (Wildman–Crippen LogP) is 5.00. The minimum atomic E-state index is -0.118. The molecule has 0 saturated heterocycles. The van der Waals surface area contributed by atoms with Crippen molar-refractivity contribution in [3.05, 3.63) is 59.9 Å². The zero-order valence-electron chi connectivity index (χ0n) is 13.6. The summed E-state index contributed by atoms with van der Waals surface area (Å²) in [4.78, 5) is 7.90. The molecule has 1 unspecified atom stereocenters. The van der Waals surface area contributed by atoms with Crippen LogP contribution in [0.1, 0.15) is 45.2 Å². The molecular weight excluding hydrogens is 272 g/mol. The highest BCUT2D eigenvalue weighted by molar-refractivity contribution is 5.74. The third-order valence-corrected chi connectivity index (χ3v) is 3.83. The Labute approximate surface area is 131 Å². The predicted molar refractivity (Wildman–Crippen MR) is 90.3 cm³/mol. The van der Waals surface area contributed by atoms with Crippen molar-refractivity contribution in [2.75, 3.05) is 0 Å². The largest absolute Gasteiger partial charge is 0.483 e. The Hall–Kier alpha value is -2.29. The molecule has 1 aromatic heterocycles. The number of aromatic nitrogens is 2. The zero-order chi connectivity index (χ0) is 15.7. The summed E-state index contributed by atoms with van der Waals surface area (Å²) >= 11 is 0. The topological polar surface area (TPSA) is 37.9 Å². The highest BCUT2D eigenvalue weighted by Gasteiger charge is 2.15. The number of nitrogens with zero attached hydrogens (tertiary/aromatic N) is 1. The second-order valence-corrected chi connectivity index (χ2v) is 6.67. The van der Waals surface area contributed by atoms with Crippen molar-refractivity contribution in [2.45, 2.75) is 39.2 Å². The summed E-state index contributed by atoms with van der Waals surface area (Å²) in [5.74, 6) is 1.71. The van der Waals surface area contributed by atoms with Crippen LogP contribution in [0.5, 0.6) is 5.75 Å². The Balaban J connectivity index is 1.77. The molecule has 0 aliphatic carbocycles. The van der Waals surface area contributed by atoms with Crippen molar-refractivity contribution < 1.29 is 4.74 Å². The number of benzene rings is 2. The second kappa shape index (κ2) is 5.48. The molecule has 0 spiro atoms. The van der Waals surface area contributed by atoms with Crippen LogP contribution in [0.2, 0.25) is 0 Å². The lowest BCUT2D eigenvalue weighted by atomic mass is 9.87. The Morgan fingerprint density at radius 2 is 1.68 bits per heavy atom. The zero-order valence-corrected chi connectivity index (χ0v) is 13.6. The molecule has 22 heavy (non-hydrogen) atoms. The van der Waals surface area contributed by atoms with Crippen LogP contribution < -0.4 is 4.74 Å². The molecule has 2 aromatic carbocycles. The first-order valence-corrected chi connectivity index (χ1v) is 7.65. The number of fused-ring (bicyclic) bond motifs is 1. The maximum atomic E-state index is 6.00. The van der Waals surface area contributed by atoms with E-state index in [1.54, 1.807) is 0 Å². The van der Waals surface area contributed by atoms with Crippen LogP contribution in [-0.2, 0) is 5.41 Å². The molecule has 1 N–H and O–H groups in total. The Bertz CT molecular complexity index is 733. The van der Waals surface area contributed by atoms with E-state index in [4.69, 9.17) is 4.74 Å². The molecule has 3 heteroatoms. The average Bonchev–Trinajstić information content (AvgIpc) is 2.91. The summed E-state index contributed by atoms with van der Waals surface area (Å²) in [6.07, 6.45) is -0.118. The molecule has 0 saturated carbocycles. The Kier molecular flexibility index (Phi) is 3.65. The van der Waals surface area contributed by atoms with Gasteiger partial charge in [0.25, 0.3) is 0 Å². The van der Waals surface area contributed by atoms with Gasteiger partial charge in [0.15, 0.2) is 6.10 Å². The van der Waals surface area contributed by atoms with E-state index in [2.05, 4.69) is 42.9 Å². The number of nitrogens with one attached hydrogen (secondary N) is 1. The highest BCUT2D eigenvalue weighted by Crippen LogP contribution is 2.26. The van der Waals surface area contributed by atoms with Crippen LogP contribution >= 0.6 is 0 Å². The van der Waals surface area contributed by atoms with Gasteiger partial charge in [-0.1, -0.05) is 45.0 Å². The van der Waals surface area contributed by atoms with Crippen molar-refractivity contribution >= 4 is 11.0 Å². The minimum absolute atomic E-state index is 0.118. The van der Waals surface area contributed by atoms with Crippen molar-refractivity contribution in [1.82, 2.24) is 9.97 Å². The van der Waals surface area contributed by atoms with Gasteiger partial charge in [0.2, 0.25) is 0 Å². The van der Waals surface area contributed by atoms with E-state index in [1.165, 1.54) is 5.56 Å². The first-order chi connectivity index (χ1) is 10.4. The van der Waals surface area contributed by atoms with Gasteiger partial charge in [-0.3, -0.25) is 0 Å². The number of para-hydroxylation sites is 2. The molecule has 114 valence electrons. The summed E-state index contributed by atoms with van der Waals surface area (Å²) in [6, 6.07) is 16.3. The number of hydrogen-bond donors (Lipinski definition) is 1. The lowest BCUT2D eigenvalue weighted by Gasteiger charge is -2.19. The number of imidazole rings is 1. The molecule has 1 heterocycles. The van der Waals surface area contributed by atoms with Gasteiger partial charge in [-0.05, 0) is 42.2 Å². The van der Waals surface area contributed by atoms with E-state index >= 15 is 0 Å². The molecular formula is C19H22N2O. The Morgan fingerprint density at radius 3 is 2.32 bits per heavy atom. The van der Waals surface area contributed by atoms with E-state index in [-0.39, 0.29) is 11.5 Å². The van der Waals surface area contributed by atoms with Gasteiger partial charge in [0.1, 0.15) is 11.6 Å². The fourth-order valence-electron chi connectivity index (χ4n) is 2.46. The lowest BCUT2D eigenvalue weighted by molar-refractivity contribution is 0.218. The molecule has 3 rings (SSSR count). The minimum Gasteiger partial charge on any atom is -0.483 e. The molecule has 1 atom stereocenters. The van der Waals surface area contributed by atoms with Crippen LogP contribution in [0.25, 0.3) is 11.0 Å². The molecule has 3 aromatic rings. The first-order valence-electron chi connectivity index (χ1n) is 7.65. The van der Waals surface area contributed by atoms with Gasteiger partial charge in [-0.25, -0.2) is 4.98 Å². The van der Waals surface area contributed by atoms with Crippen LogP contribution in [0, 0.1) is 0 Å². The summed E-state index contributed by atoms with van der Waals surface area (Å²) in [6.45, 7) is 8.63. The normalized spacial score (nSPS) is 13.3. The highest BCUT2D eigenvalue weighted by atomic mass is 16.5. The molecule has 0 bridgehead atoms. The van der Waals surface area contributed by atoms with E-state index < -0.39 is 0 Å². The second-order valence-electron chi connectivity index (χ2n) is 6.67. The number of H-pyrrole nitrogens is 1. The fourth-order valence-corrected chi connectivity index (χ4v) is 2.46. The van der Waals surface area contributed by atoms with Gasteiger partial charge in [-0.2, -0.15) is 0 Å². The standard InChI is InChI=1S/C19H22N2O/c1-13(18-20-16-7-5-6-8-17(16)21-18)22-15-11-9-14(10-12-15)19(2,3)4/h5-13H,1-4H3,(H,20,21). The summed E-state index contributed by atoms with van der Waals surface area (Å²) in [7, 11) is 0. The number of aromatic amines is 1. The van der Waals surface area contributed by atoms with Gasteiger partial charge >= 0.3 is 0 Å². The molecule has 0 fully saturated rings. The van der Waals surface area contributed by atoms with Crippen LogP contribution in [0.15, 0.2) is 48.5 Å². The summed E-state index contributed by atoms with van der Waals surface area (Å²) < 4.78 is 6.00. The Morgan fingerprint density at radius 1 is 1.00 bits per heavy atom. The van der Waals surface area contributed by atoms with E-state index in [0.717, 1.165) is 22.6 Å². The third kappa shape index (κ3) is 2.98. The van der Waals surface area contributed by atoms with Gasteiger partial charge in [0.05, 0.1) is 11.0 Å². The van der Waals surface area contributed by atoms with E-state index in [0.29, 0.717) is 0 Å². The van der Waals surface area contributed by atoms with E-state index in [9.17, 15) is 0 Å². The van der Waals surface area contributed by atoms with Gasteiger partial charge < -0.3 is 9.72 Å². The van der Waals surface area contributed by atoms with Gasteiger partial charge in [-0.15, -0.1) is 0 Å². The molecule has 0 amide bonds. The summed E-state index contributed by atoms with van der Waals surface area (Å²) in [5, 5.41) is 0. The molecule has 0 aliphatic heterocycles. The van der Waals surface area contributed by atoms with Crippen molar-refractivity contribution in [1.29, 1.82) is 0 Å². The number of hydrogen-bond acceptors (Lipinski definition) is 2. The maximum Gasteiger partial charge on any atom is 0.153 e. The lowest BCUT2D eigenvalue weighted by Crippen LogP contribution is -2.11. The first kappa shape index (κ1) is 14.6. The molecule has 0 aliphatic rings. The van der Waals surface area contributed by atoms with Crippen LogP contribution in [-0.4, -0.2) is 9.97 Å². The number of ether oxygens (including phenoxy) is 1. The van der Waals surface area contributed by atoms with Crippen LogP contribution in [0.4, 0.5) is 0 Å².